The average Bonchev–Trinajstić information content (AvgIpc) is 3.12. The van der Waals surface area contributed by atoms with E-state index in [4.69, 9.17) is 9.47 Å². The Hall–Kier alpha value is -0.930. The summed E-state index contributed by atoms with van der Waals surface area (Å²) in [5, 5.41) is 9.24. The van der Waals surface area contributed by atoms with E-state index in [1.807, 2.05) is 6.92 Å². The smallest absolute Gasteiger partial charge is 0.242 e. The number of aliphatic hydroxyl groups excluding tert-OH is 1. The van der Waals surface area contributed by atoms with Gasteiger partial charge in [-0.2, -0.15) is 0 Å². The third-order valence-electron chi connectivity index (χ3n) is 3.86. The molecule has 0 amide bonds. The monoisotopic (exact) mass is 318 g/mol. The van der Waals surface area contributed by atoms with Crippen LogP contribution >= 0.6 is 0 Å². The summed E-state index contributed by atoms with van der Waals surface area (Å²) < 4.78 is 39.6. The zero-order valence-electron chi connectivity index (χ0n) is 12.3. The van der Waals surface area contributed by atoms with Gasteiger partial charge in [-0.05, 0) is 13.0 Å². The molecule has 0 radical (unpaired) electrons. The molecule has 8 heteroatoms. The third kappa shape index (κ3) is 3.46. The zero-order valence-corrected chi connectivity index (χ0v) is 13.1. The highest BCUT2D eigenvalue weighted by molar-refractivity contribution is 7.89. The van der Waals surface area contributed by atoms with Crippen molar-refractivity contribution in [1.29, 1.82) is 0 Å². The summed E-state index contributed by atoms with van der Waals surface area (Å²) in [4.78, 5) is 0.151. The van der Waals surface area contributed by atoms with Crippen molar-refractivity contribution in [3.8, 4) is 0 Å². The van der Waals surface area contributed by atoms with Crippen LogP contribution < -0.4 is 4.72 Å². The van der Waals surface area contributed by atoms with E-state index >= 15 is 0 Å². The predicted molar refractivity (Wildman–Crippen MR) is 76.4 cm³/mol. The number of rotatable bonds is 7. The van der Waals surface area contributed by atoms with Crippen LogP contribution in [0.2, 0.25) is 0 Å². The van der Waals surface area contributed by atoms with Crippen molar-refractivity contribution in [2.45, 2.75) is 37.0 Å². The molecule has 21 heavy (non-hydrogen) atoms. The normalized spacial score (nSPS) is 22.8. The summed E-state index contributed by atoms with van der Waals surface area (Å²) in [6.07, 6.45) is 2.18. The molecule has 1 aliphatic heterocycles. The van der Waals surface area contributed by atoms with Crippen molar-refractivity contribution < 1.29 is 23.0 Å². The minimum Gasteiger partial charge on any atom is -0.390 e. The minimum absolute atomic E-state index is 0.151. The molecule has 2 N–H and O–H groups in total. The number of aliphatic hydroxyl groups is 1. The lowest BCUT2D eigenvalue weighted by Crippen LogP contribution is -2.44. The lowest BCUT2D eigenvalue weighted by Gasteiger charge is -2.25. The average molecular weight is 318 g/mol. The Kier molecular flexibility index (Phi) is 5.05. The van der Waals surface area contributed by atoms with E-state index in [9.17, 15) is 13.5 Å². The first-order valence-corrected chi connectivity index (χ1v) is 8.37. The fourth-order valence-corrected chi connectivity index (χ4v) is 3.55. The molecule has 1 aliphatic rings. The number of hydrogen-bond donors (Lipinski definition) is 2. The molecule has 0 aliphatic carbocycles. The Labute approximate surface area is 124 Å². The molecule has 0 bridgehead atoms. The Morgan fingerprint density at radius 2 is 2.33 bits per heavy atom. The van der Waals surface area contributed by atoms with Crippen molar-refractivity contribution in [3.05, 3.63) is 18.0 Å². The van der Waals surface area contributed by atoms with Crippen molar-refractivity contribution in [2.24, 2.45) is 0 Å². The molecule has 0 spiro atoms. The van der Waals surface area contributed by atoms with E-state index in [0.29, 0.717) is 31.9 Å². The maximum atomic E-state index is 12.3. The number of nitrogens with zero attached hydrogens (tertiary/aromatic N) is 1. The van der Waals surface area contributed by atoms with Crippen molar-refractivity contribution in [2.75, 3.05) is 26.9 Å². The van der Waals surface area contributed by atoms with E-state index < -0.39 is 15.6 Å². The maximum Gasteiger partial charge on any atom is 0.242 e. The van der Waals surface area contributed by atoms with Gasteiger partial charge in [0.25, 0.3) is 0 Å². The van der Waals surface area contributed by atoms with Gasteiger partial charge in [0, 0.05) is 45.1 Å². The van der Waals surface area contributed by atoms with Gasteiger partial charge in [0.15, 0.2) is 0 Å². The maximum absolute atomic E-state index is 12.3. The van der Waals surface area contributed by atoms with Crippen LogP contribution in [0.5, 0.6) is 0 Å². The Morgan fingerprint density at radius 1 is 1.57 bits per heavy atom. The molecule has 0 saturated carbocycles. The lowest BCUT2D eigenvalue weighted by molar-refractivity contribution is -0.0120. The van der Waals surface area contributed by atoms with Gasteiger partial charge in [0.05, 0.1) is 18.1 Å². The Morgan fingerprint density at radius 3 is 2.81 bits per heavy atom. The zero-order chi connectivity index (χ0) is 15.5. The Balaban J connectivity index is 2.13. The van der Waals surface area contributed by atoms with Crippen LogP contribution in [-0.4, -0.2) is 50.6 Å². The second-order valence-electron chi connectivity index (χ2n) is 5.13. The number of nitrogens with one attached hydrogen (secondary N) is 1. The third-order valence-corrected chi connectivity index (χ3v) is 5.23. The SMILES string of the molecule is CCn1cc(S(=O)(=O)NCC2(OC)CCOC2)cc1CO. The van der Waals surface area contributed by atoms with E-state index in [0.717, 1.165) is 0 Å². The summed E-state index contributed by atoms with van der Waals surface area (Å²) in [5.41, 5.74) is -0.0243. The van der Waals surface area contributed by atoms with Gasteiger partial charge in [0.1, 0.15) is 5.60 Å². The summed E-state index contributed by atoms with van der Waals surface area (Å²) in [6, 6.07) is 1.48. The van der Waals surface area contributed by atoms with Crippen molar-refractivity contribution in [3.63, 3.8) is 0 Å². The molecular weight excluding hydrogens is 296 g/mol. The highest BCUT2D eigenvalue weighted by atomic mass is 32.2. The largest absolute Gasteiger partial charge is 0.390 e. The summed E-state index contributed by atoms with van der Waals surface area (Å²) in [6.45, 7) is 3.40. The first-order valence-electron chi connectivity index (χ1n) is 6.89. The molecule has 1 unspecified atom stereocenters. The van der Waals surface area contributed by atoms with E-state index in [1.54, 1.807) is 11.7 Å². The van der Waals surface area contributed by atoms with Gasteiger partial charge in [-0.15, -0.1) is 0 Å². The number of aryl methyl sites for hydroxylation is 1. The highest BCUT2D eigenvalue weighted by Crippen LogP contribution is 2.23. The van der Waals surface area contributed by atoms with E-state index in [2.05, 4.69) is 4.72 Å². The lowest BCUT2D eigenvalue weighted by atomic mass is 10.0. The second-order valence-corrected chi connectivity index (χ2v) is 6.89. The van der Waals surface area contributed by atoms with Crippen molar-refractivity contribution >= 4 is 10.0 Å². The van der Waals surface area contributed by atoms with Gasteiger partial charge in [0.2, 0.25) is 10.0 Å². The van der Waals surface area contributed by atoms with Crippen LogP contribution in [0.25, 0.3) is 0 Å². The molecule has 2 heterocycles. The van der Waals surface area contributed by atoms with Gasteiger partial charge < -0.3 is 19.1 Å². The fourth-order valence-electron chi connectivity index (χ4n) is 2.37. The molecule has 120 valence electrons. The quantitative estimate of drug-likeness (QED) is 0.743. The van der Waals surface area contributed by atoms with Crippen LogP contribution in [-0.2, 0) is 32.6 Å². The molecule has 2 rings (SSSR count). The number of methoxy groups -OCH3 is 1. The topological polar surface area (TPSA) is 89.8 Å². The second kappa shape index (κ2) is 6.45. The van der Waals surface area contributed by atoms with Gasteiger partial charge in [-0.3, -0.25) is 0 Å². The number of ether oxygens (including phenoxy) is 2. The summed E-state index contributed by atoms with van der Waals surface area (Å²) in [7, 11) is -2.08. The molecule has 0 aromatic carbocycles. The molecule has 1 aromatic heterocycles. The number of hydrogen-bond acceptors (Lipinski definition) is 5. The molecule has 1 saturated heterocycles. The fraction of sp³-hybridized carbons (Fsp3) is 0.692. The van der Waals surface area contributed by atoms with Crippen LogP contribution in [0.15, 0.2) is 17.2 Å². The Bertz CT molecular complexity index is 554. The number of aromatic nitrogens is 1. The summed E-state index contributed by atoms with van der Waals surface area (Å²) >= 11 is 0. The standard InChI is InChI=1S/C13H22N2O5S/c1-3-15-7-12(6-11(15)8-16)21(17,18)14-9-13(19-2)4-5-20-10-13/h6-7,14,16H,3-5,8-10H2,1-2H3. The van der Waals surface area contributed by atoms with Crippen LogP contribution in [0, 0.1) is 0 Å². The van der Waals surface area contributed by atoms with Crippen LogP contribution in [0.3, 0.4) is 0 Å². The van der Waals surface area contributed by atoms with Gasteiger partial charge in [-0.1, -0.05) is 0 Å². The summed E-state index contributed by atoms with van der Waals surface area (Å²) in [5.74, 6) is 0. The molecular formula is C13H22N2O5S. The molecule has 1 aromatic rings. The van der Waals surface area contributed by atoms with Crippen LogP contribution in [0.4, 0.5) is 0 Å². The van der Waals surface area contributed by atoms with Crippen LogP contribution in [0.1, 0.15) is 19.0 Å². The minimum atomic E-state index is -3.64. The molecule has 1 atom stereocenters. The van der Waals surface area contributed by atoms with Gasteiger partial charge >= 0.3 is 0 Å². The van der Waals surface area contributed by atoms with E-state index in [-0.39, 0.29) is 18.0 Å². The predicted octanol–water partition coefficient (Wildman–Crippen LogP) is 0.0841. The first kappa shape index (κ1) is 16.4. The molecule has 7 nitrogen and oxygen atoms in total. The van der Waals surface area contributed by atoms with Gasteiger partial charge in [-0.25, -0.2) is 13.1 Å². The molecule has 1 fully saturated rings. The highest BCUT2D eigenvalue weighted by Gasteiger charge is 2.36. The first-order chi connectivity index (χ1) is 9.96. The van der Waals surface area contributed by atoms with Crippen molar-refractivity contribution in [1.82, 2.24) is 9.29 Å². The number of sulfonamides is 1. The van der Waals surface area contributed by atoms with E-state index in [1.165, 1.54) is 12.3 Å².